The third-order valence-electron chi connectivity index (χ3n) is 4.28. The molecule has 0 bridgehead atoms. The predicted molar refractivity (Wildman–Crippen MR) is 85.4 cm³/mol. The minimum absolute atomic E-state index is 0.579. The molecule has 1 aliphatic carbocycles. The predicted octanol–water partition coefficient (Wildman–Crippen LogP) is 3.17. The molecule has 0 aromatic heterocycles. The van der Waals surface area contributed by atoms with Gasteiger partial charge in [0.05, 0.1) is 12.2 Å². The van der Waals surface area contributed by atoms with Gasteiger partial charge in [-0.05, 0) is 50.4 Å². The van der Waals surface area contributed by atoms with E-state index < -0.39 is 9.53 Å². The molecule has 1 aliphatic heterocycles. The first-order chi connectivity index (χ1) is 10.2. The van der Waals surface area contributed by atoms with Crippen molar-refractivity contribution in [2.24, 2.45) is 11.8 Å². The van der Waals surface area contributed by atoms with Crippen LogP contribution in [-0.2, 0) is 18.0 Å². The van der Waals surface area contributed by atoms with Gasteiger partial charge in [-0.25, -0.2) is 0 Å². The van der Waals surface area contributed by atoms with E-state index in [0.29, 0.717) is 18.1 Å². The molecule has 0 spiro atoms. The molecule has 5 heteroatoms. The van der Waals surface area contributed by atoms with Crippen LogP contribution < -0.4 is 0 Å². The Morgan fingerprint density at radius 2 is 1.76 bits per heavy atom. The summed E-state index contributed by atoms with van der Waals surface area (Å²) in [5.41, 5.74) is 0. The van der Waals surface area contributed by atoms with Crippen LogP contribution in [0.4, 0.5) is 0 Å². The number of hydrogen-bond donors (Lipinski definition) is 0. The number of rotatable bonds is 11. The zero-order chi connectivity index (χ0) is 15.1. The van der Waals surface area contributed by atoms with E-state index in [-0.39, 0.29) is 0 Å². The summed E-state index contributed by atoms with van der Waals surface area (Å²) in [7, 11) is -1.91. The summed E-state index contributed by atoms with van der Waals surface area (Å²) in [4.78, 5) is 0. The van der Waals surface area contributed by atoms with Gasteiger partial charge in [0.1, 0.15) is 0 Å². The van der Waals surface area contributed by atoms with Crippen molar-refractivity contribution < 1.29 is 18.0 Å². The fraction of sp³-hybridized carbons (Fsp3) is 1.00. The second-order valence-corrected chi connectivity index (χ2v) is 8.17. The molecule has 0 aromatic carbocycles. The van der Waals surface area contributed by atoms with Crippen LogP contribution in [0.5, 0.6) is 0 Å². The van der Waals surface area contributed by atoms with Gasteiger partial charge in [-0.2, -0.15) is 0 Å². The molecule has 2 aliphatic rings. The van der Waals surface area contributed by atoms with E-state index in [2.05, 4.69) is 20.8 Å². The molecule has 2 fully saturated rings. The van der Waals surface area contributed by atoms with Crippen LogP contribution in [0, 0.1) is 11.8 Å². The monoisotopic (exact) mass is 316 g/mol. The van der Waals surface area contributed by atoms with Gasteiger partial charge in [0.15, 0.2) is 0 Å². The zero-order valence-electron chi connectivity index (χ0n) is 13.9. The number of epoxide rings is 1. The summed E-state index contributed by atoms with van der Waals surface area (Å²) < 4.78 is 23.0. The molecular formula is C16H32O4Si. The summed E-state index contributed by atoms with van der Waals surface area (Å²) in [6.45, 7) is 8.78. The van der Waals surface area contributed by atoms with Crippen molar-refractivity contribution in [3.63, 3.8) is 0 Å². The number of ether oxygens (including phenoxy) is 1. The fourth-order valence-corrected chi connectivity index (χ4v) is 4.78. The van der Waals surface area contributed by atoms with E-state index >= 15 is 0 Å². The molecule has 0 radical (unpaired) electrons. The van der Waals surface area contributed by atoms with Crippen LogP contribution in [0.1, 0.15) is 59.3 Å². The van der Waals surface area contributed by atoms with Gasteiger partial charge in [0.25, 0.3) is 0 Å². The Kier molecular flexibility index (Phi) is 7.67. The van der Waals surface area contributed by atoms with Crippen molar-refractivity contribution in [2.75, 3.05) is 19.8 Å². The van der Waals surface area contributed by atoms with Crippen molar-refractivity contribution in [1.29, 1.82) is 0 Å². The molecule has 0 amide bonds. The lowest BCUT2D eigenvalue weighted by Gasteiger charge is -2.24. The second kappa shape index (κ2) is 9.25. The standard InChI is InChI=1S/C16H32O4Si/c1-4-8-17-21(18-9-5-2)19-12-13(3)10-14-6-7-15-16(11-14)20-15/h13-16,21H,4-12H2,1-3H3. The lowest BCUT2D eigenvalue weighted by molar-refractivity contribution is 0.0775. The topological polar surface area (TPSA) is 40.2 Å². The maximum absolute atomic E-state index is 5.95. The molecule has 4 nitrogen and oxygen atoms in total. The highest BCUT2D eigenvalue weighted by molar-refractivity contribution is 6.36. The highest BCUT2D eigenvalue weighted by Gasteiger charge is 2.43. The summed E-state index contributed by atoms with van der Waals surface area (Å²) in [5, 5.41) is 0. The largest absolute Gasteiger partial charge is 0.484 e. The van der Waals surface area contributed by atoms with Gasteiger partial charge in [-0.15, -0.1) is 0 Å². The van der Waals surface area contributed by atoms with Crippen LogP contribution in [-0.4, -0.2) is 41.6 Å². The van der Waals surface area contributed by atoms with Gasteiger partial charge in [0.2, 0.25) is 0 Å². The molecule has 1 heterocycles. The average molecular weight is 317 g/mol. The summed E-state index contributed by atoms with van der Waals surface area (Å²) >= 11 is 0. The lowest BCUT2D eigenvalue weighted by atomic mass is 9.83. The highest BCUT2D eigenvalue weighted by atomic mass is 28.3. The number of hydrogen-bond acceptors (Lipinski definition) is 4. The first-order valence-corrected chi connectivity index (χ1v) is 10.1. The third-order valence-corrected chi connectivity index (χ3v) is 5.76. The van der Waals surface area contributed by atoms with Crippen molar-refractivity contribution in [2.45, 2.75) is 71.5 Å². The first-order valence-electron chi connectivity index (χ1n) is 8.73. The number of fused-ring (bicyclic) bond motifs is 1. The average Bonchev–Trinajstić information content (AvgIpc) is 3.25. The van der Waals surface area contributed by atoms with E-state index in [1.807, 2.05) is 0 Å². The normalized spacial score (nSPS) is 29.4. The molecular weight excluding hydrogens is 284 g/mol. The van der Waals surface area contributed by atoms with Crippen LogP contribution in [0.15, 0.2) is 0 Å². The Bertz CT molecular complexity index is 281. The van der Waals surface area contributed by atoms with Gasteiger partial charge in [-0.1, -0.05) is 20.8 Å². The molecule has 0 aromatic rings. The molecule has 21 heavy (non-hydrogen) atoms. The molecule has 1 saturated carbocycles. The van der Waals surface area contributed by atoms with Gasteiger partial charge in [-0.3, -0.25) is 0 Å². The van der Waals surface area contributed by atoms with Crippen molar-refractivity contribution in [3.05, 3.63) is 0 Å². The van der Waals surface area contributed by atoms with E-state index in [9.17, 15) is 0 Å². The van der Waals surface area contributed by atoms with Gasteiger partial charge in [0, 0.05) is 19.8 Å². The van der Waals surface area contributed by atoms with E-state index in [0.717, 1.165) is 38.6 Å². The maximum Gasteiger partial charge on any atom is 0.484 e. The summed E-state index contributed by atoms with van der Waals surface area (Å²) in [6.07, 6.45) is 8.31. The van der Waals surface area contributed by atoms with Crippen molar-refractivity contribution in [1.82, 2.24) is 0 Å². The van der Waals surface area contributed by atoms with E-state index in [1.54, 1.807) is 0 Å². The first kappa shape index (κ1) is 17.4. The van der Waals surface area contributed by atoms with Gasteiger partial charge >= 0.3 is 9.53 Å². The minimum atomic E-state index is -1.91. The smallest absolute Gasteiger partial charge is 0.376 e. The molecule has 4 unspecified atom stereocenters. The van der Waals surface area contributed by atoms with Crippen LogP contribution >= 0.6 is 0 Å². The Morgan fingerprint density at radius 1 is 1.05 bits per heavy atom. The summed E-state index contributed by atoms with van der Waals surface area (Å²) in [5.74, 6) is 1.40. The zero-order valence-corrected chi connectivity index (χ0v) is 15.0. The maximum atomic E-state index is 5.95. The van der Waals surface area contributed by atoms with Crippen LogP contribution in [0.25, 0.3) is 0 Å². The third kappa shape index (κ3) is 6.36. The lowest BCUT2D eigenvalue weighted by Crippen LogP contribution is -2.30. The molecule has 0 N–H and O–H groups in total. The van der Waals surface area contributed by atoms with E-state index in [1.165, 1.54) is 25.7 Å². The molecule has 4 atom stereocenters. The Morgan fingerprint density at radius 3 is 2.38 bits per heavy atom. The Hall–Kier alpha value is 0.0569. The van der Waals surface area contributed by atoms with E-state index in [4.69, 9.17) is 18.0 Å². The quantitative estimate of drug-likeness (QED) is 0.434. The SMILES string of the molecule is CCCO[SiH](OCCC)OCC(C)CC1CCC2OC2C1. The Balaban J connectivity index is 1.61. The molecule has 2 rings (SSSR count). The van der Waals surface area contributed by atoms with Crippen LogP contribution in [0.2, 0.25) is 0 Å². The Labute approximate surface area is 131 Å². The van der Waals surface area contributed by atoms with Crippen molar-refractivity contribution in [3.8, 4) is 0 Å². The van der Waals surface area contributed by atoms with Crippen molar-refractivity contribution >= 4 is 9.53 Å². The highest BCUT2D eigenvalue weighted by Crippen LogP contribution is 2.41. The minimum Gasteiger partial charge on any atom is -0.376 e. The molecule has 1 saturated heterocycles. The summed E-state index contributed by atoms with van der Waals surface area (Å²) in [6, 6.07) is 0. The second-order valence-electron chi connectivity index (χ2n) is 6.60. The van der Waals surface area contributed by atoms with Gasteiger partial charge < -0.3 is 18.0 Å². The fourth-order valence-electron chi connectivity index (χ4n) is 3.15. The molecule has 124 valence electrons. The van der Waals surface area contributed by atoms with Crippen LogP contribution in [0.3, 0.4) is 0 Å².